The summed E-state index contributed by atoms with van der Waals surface area (Å²) in [5.41, 5.74) is 2.71. The summed E-state index contributed by atoms with van der Waals surface area (Å²) in [6.07, 6.45) is 4.13. The summed E-state index contributed by atoms with van der Waals surface area (Å²) < 4.78 is 1.35. The number of halogens is 1. The van der Waals surface area contributed by atoms with Gasteiger partial charge in [0.05, 0.1) is 0 Å². The average Bonchev–Trinajstić information content (AvgIpc) is 2.29. The third-order valence-corrected chi connectivity index (χ3v) is 5.30. The van der Waals surface area contributed by atoms with Gasteiger partial charge in [-0.3, -0.25) is 0 Å². The van der Waals surface area contributed by atoms with E-state index >= 15 is 0 Å². The van der Waals surface area contributed by atoms with E-state index in [9.17, 15) is 0 Å². The number of hydrogen-bond acceptors (Lipinski definition) is 1. The summed E-state index contributed by atoms with van der Waals surface area (Å²) in [5, 5.41) is 3.78. The Morgan fingerprint density at radius 2 is 1.82 bits per heavy atom. The third-order valence-electron chi connectivity index (χ3n) is 4.13. The number of rotatable bonds is 2. The van der Waals surface area contributed by atoms with E-state index in [4.69, 9.17) is 0 Å². The Morgan fingerprint density at radius 1 is 1.18 bits per heavy atom. The van der Waals surface area contributed by atoms with Gasteiger partial charge in [0.15, 0.2) is 0 Å². The van der Waals surface area contributed by atoms with E-state index < -0.39 is 0 Å². The molecule has 0 radical (unpaired) electrons. The van der Waals surface area contributed by atoms with Crippen molar-refractivity contribution in [1.82, 2.24) is 0 Å². The van der Waals surface area contributed by atoms with E-state index in [2.05, 4.69) is 66.9 Å². The van der Waals surface area contributed by atoms with Gasteiger partial charge in [0, 0.05) is 15.3 Å². The first kappa shape index (κ1) is 13.2. The molecular weight excluding hydrogens is 321 g/mol. The van der Waals surface area contributed by atoms with E-state index in [-0.39, 0.29) is 0 Å². The topological polar surface area (TPSA) is 12.0 Å². The normalized spacial score (nSPS) is 29.1. The van der Waals surface area contributed by atoms with E-state index in [0.29, 0.717) is 6.04 Å². The lowest BCUT2D eigenvalue weighted by Crippen LogP contribution is -2.37. The summed E-state index contributed by atoms with van der Waals surface area (Å²) in [7, 11) is 0. The van der Waals surface area contributed by atoms with Crippen molar-refractivity contribution in [3.63, 3.8) is 0 Å². The average molecular weight is 343 g/mol. The highest BCUT2D eigenvalue weighted by atomic mass is 127. The van der Waals surface area contributed by atoms with Gasteiger partial charge in [0.1, 0.15) is 0 Å². The highest BCUT2D eigenvalue weighted by molar-refractivity contribution is 14.1. The zero-order valence-corrected chi connectivity index (χ0v) is 13.1. The van der Waals surface area contributed by atoms with Gasteiger partial charge in [-0.05, 0) is 71.9 Å². The lowest BCUT2D eigenvalue weighted by Gasteiger charge is -2.36. The van der Waals surface area contributed by atoms with Gasteiger partial charge in [-0.2, -0.15) is 0 Å². The maximum atomic E-state index is 3.78. The first-order valence-electron chi connectivity index (χ1n) is 6.61. The molecule has 0 spiro atoms. The van der Waals surface area contributed by atoms with Crippen LogP contribution in [0.15, 0.2) is 18.2 Å². The first-order chi connectivity index (χ1) is 8.09. The molecule has 1 aliphatic carbocycles. The highest BCUT2D eigenvalue weighted by Crippen LogP contribution is 2.32. The molecule has 2 heteroatoms. The van der Waals surface area contributed by atoms with Crippen molar-refractivity contribution >= 4 is 28.3 Å². The fourth-order valence-electron chi connectivity index (χ4n) is 2.91. The van der Waals surface area contributed by atoms with Crippen LogP contribution in [0.25, 0.3) is 0 Å². The maximum Gasteiger partial charge on any atom is 0.0382 e. The summed E-state index contributed by atoms with van der Waals surface area (Å²) in [4.78, 5) is 0. The Hall–Kier alpha value is -0.250. The van der Waals surface area contributed by atoms with Crippen LogP contribution in [0.3, 0.4) is 0 Å². The van der Waals surface area contributed by atoms with E-state index in [1.165, 1.54) is 34.1 Å². The molecular formula is C15H22IN. The van der Waals surface area contributed by atoms with Crippen molar-refractivity contribution in [3.05, 3.63) is 27.3 Å². The SMILES string of the molecule is Cc1c(I)cccc1NC1C(C)CCCC1C. The van der Waals surface area contributed by atoms with Crippen LogP contribution < -0.4 is 5.32 Å². The minimum Gasteiger partial charge on any atom is -0.382 e. The second kappa shape index (κ2) is 5.59. The molecule has 0 amide bonds. The molecule has 1 fully saturated rings. The number of benzene rings is 1. The summed E-state index contributed by atoms with van der Waals surface area (Å²) in [6.45, 7) is 6.98. The highest BCUT2D eigenvalue weighted by Gasteiger charge is 2.27. The van der Waals surface area contributed by atoms with Crippen molar-refractivity contribution in [2.75, 3.05) is 5.32 Å². The first-order valence-corrected chi connectivity index (χ1v) is 7.69. The van der Waals surface area contributed by atoms with Gasteiger partial charge >= 0.3 is 0 Å². The largest absolute Gasteiger partial charge is 0.382 e. The Kier molecular flexibility index (Phi) is 4.34. The van der Waals surface area contributed by atoms with Crippen molar-refractivity contribution in [1.29, 1.82) is 0 Å². The van der Waals surface area contributed by atoms with Gasteiger partial charge in [-0.15, -0.1) is 0 Å². The summed E-state index contributed by atoms with van der Waals surface area (Å²) in [5.74, 6) is 1.58. The molecule has 0 saturated heterocycles. The summed E-state index contributed by atoms with van der Waals surface area (Å²) >= 11 is 2.41. The van der Waals surface area contributed by atoms with Gasteiger partial charge in [0.25, 0.3) is 0 Å². The number of nitrogens with one attached hydrogen (secondary N) is 1. The van der Waals surface area contributed by atoms with E-state index in [1.54, 1.807) is 0 Å². The Bertz CT molecular complexity index is 379. The zero-order valence-electron chi connectivity index (χ0n) is 11.0. The molecule has 2 rings (SSSR count). The molecule has 1 N–H and O–H groups in total. The van der Waals surface area contributed by atoms with Crippen LogP contribution in [-0.2, 0) is 0 Å². The monoisotopic (exact) mass is 343 g/mol. The fraction of sp³-hybridized carbons (Fsp3) is 0.600. The smallest absolute Gasteiger partial charge is 0.0382 e. The van der Waals surface area contributed by atoms with Gasteiger partial charge in [-0.1, -0.05) is 26.3 Å². The molecule has 1 aliphatic rings. The van der Waals surface area contributed by atoms with Crippen LogP contribution in [0.5, 0.6) is 0 Å². The summed E-state index contributed by atoms with van der Waals surface area (Å²) in [6, 6.07) is 7.18. The van der Waals surface area contributed by atoms with Crippen LogP contribution in [0.2, 0.25) is 0 Å². The van der Waals surface area contributed by atoms with Gasteiger partial charge in [-0.25, -0.2) is 0 Å². The fourth-order valence-corrected chi connectivity index (χ4v) is 3.41. The molecule has 2 atom stereocenters. The van der Waals surface area contributed by atoms with Crippen LogP contribution in [-0.4, -0.2) is 6.04 Å². The van der Waals surface area contributed by atoms with Crippen LogP contribution in [0.4, 0.5) is 5.69 Å². The number of anilines is 1. The Morgan fingerprint density at radius 3 is 2.47 bits per heavy atom. The Labute approximate surface area is 119 Å². The van der Waals surface area contributed by atoms with Gasteiger partial charge < -0.3 is 5.32 Å². The predicted molar refractivity (Wildman–Crippen MR) is 83.5 cm³/mol. The molecule has 0 heterocycles. The second-order valence-corrected chi connectivity index (χ2v) is 6.63. The van der Waals surface area contributed by atoms with Crippen molar-refractivity contribution in [2.24, 2.45) is 11.8 Å². The molecule has 1 saturated carbocycles. The van der Waals surface area contributed by atoms with Crippen LogP contribution in [0, 0.1) is 22.3 Å². The van der Waals surface area contributed by atoms with Crippen molar-refractivity contribution in [3.8, 4) is 0 Å². The predicted octanol–water partition coefficient (Wildman–Crippen LogP) is 4.84. The maximum absolute atomic E-state index is 3.78. The van der Waals surface area contributed by atoms with E-state index in [0.717, 1.165) is 11.8 Å². The van der Waals surface area contributed by atoms with Crippen molar-refractivity contribution in [2.45, 2.75) is 46.1 Å². The van der Waals surface area contributed by atoms with E-state index in [1.807, 2.05) is 0 Å². The second-order valence-electron chi connectivity index (χ2n) is 5.47. The Balaban J connectivity index is 2.16. The molecule has 1 aromatic carbocycles. The lowest BCUT2D eigenvalue weighted by molar-refractivity contribution is 0.268. The standard InChI is InChI=1S/C15H22IN/c1-10-6-4-7-11(2)15(10)17-14-9-5-8-13(16)12(14)3/h5,8-11,15,17H,4,6-7H2,1-3H3. The molecule has 0 aliphatic heterocycles. The van der Waals surface area contributed by atoms with Crippen molar-refractivity contribution < 1.29 is 0 Å². The minimum absolute atomic E-state index is 0.639. The van der Waals surface area contributed by atoms with Crippen LogP contribution in [0.1, 0.15) is 38.7 Å². The molecule has 94 valence electrons. The molecule has 17 heavy (non-hydrogen) atoms. The molecule has 1 aromatic rings. The van der Waals surface area contributed by atoms with Crippen LogP contribution >= 0.6 is 22.6 Å². The third kappa shape index (κ3) is 2.95. The van der Waals surface area contributed by atoms with Gasteiger partial charge in [0.2, 0.25) is 0 Å². The molecule has 0 bridgehead atoms. The minimum atomic E-state index is 0.639. The molecule has 0 aromatic heterocycles. The quantitative estimate of drug-likeness (QED) is 0.758. The lowest BCUT2D eigenvalue weighted by atomic mass is 9.78. The zero-order chi connectivity index (χ0) is 12.4. The molecule has 2 unspecified atom stereocenters. The molecule has 1 nitrogen and oxygen atoms in total. The number of hydrogen-bond donors (Lipinski definition) is 1.